The Balaban J connectivity index is 1.91. The third kappa shape index (κ3) is 4.78. The number of amides is 1. The van der Waals surface area contributed by atoms with Gasteiger partial charge in [0.05, 0.1) is 17.7 Å². The summed E-state index contributed by atoms with van der Waals surface area (Å²) in [5.74, 6) is 0.926. The van der Waals surface area contributed by atoms with E-state index < -0.39 is 5.60 Å². The average molecular weight is 323 g/mol. The number of nitrogens with zero attached hydrogens (tertiary/aromatic N) is 3. The minimum absolute atomic E-state index is 0.0519. The van der Waals surface area contributed by atoms with Crippen LogP contribution in [0, 0.1) is 13.8 Å². The molecule has 1 fully saturated rings. The second-order valence-electron chi connectivity index (χ2n) is 6.84. The molecule has 0 bridgehead atoms. The van der Waals surface area contributed by atoms with Crippen LogP contribution < -0.4 is 0 Å². The van der Waals surface area contributed by atoms with E-state index in [4.69, 9.17) is 4.52 Å². The molecule has 0 saturated carbocycles. The summed E-state index contributed by atoms with van der Waals surface area (Å²) in [6, 6.07) is 0. The van der Waals surface area contributed by atoms with Crippen molar-refractivity contribution in [2.45, 2.75) is 59.1 Å². The maximum atomic E-state index is 12.4. The van der Waals surface area contributed by atoms with Crippen molar-refractivity contribution in [3.63, 3.8) is 0 Å². The third-order valence-electron chi connectivity index (χ3n) is 4.80. The Hall–Kier alpha value is -1.40. The first-order chi connectivity index (χ1) is 10.8. The fourth-order valence-corrected chi connectivity index (χ4v) is 2.89. The summed E-state index contributed by atoms with van der Waals surface area (Å²) in [6.07, 6.45) is 1.74. The van der Waals surface area contributed by atoms with Crippen molar-refractivity contribution in [3.05, 3.63) is 17.0 Å². The van der Waals surface area contributed by atoms with E-state index in [0.29, 0.717) is 13.0 Å². The van der Waals surface area contributed by atoms with Crippen LogP contribution in [-0.2, 0) is 11.3 Å². The summed E-state index contributed by atoms with van der Waals surface area (Å²) < 4.78 is 5.23. The van der Waals surface area contributed by atoms with Crippen LogP contribution in [0.2, 0.25) is 0 Å². The summed E-state index contributed by atoms with van der Waals surface area (Å²) in [7, 11) is 0. The molecule has 1 aliphatic heterocycles. The molecule has 1 aliphatic rings. The van der Waals surface area contributed by atoms with Gasteiger partial charge in [-0.05, 0) is 33.6 Å². The van der Waals surface area contributed by atoms with Crippen LogP contribution in [0.1, 0.15) is 50.1 Å². The van der Waals surface area contributed by atoms with Gasteiger partial charge in [0, 0.05) is 38.3 Å². The molecule has 2 rings (SSSR count). The second kappa shape index (κ2) is 7.45. The first-order valence-corrected chi connectivity index (χ1v) is 8.46. The summed E-state index contributed by atoms with van der Waals surface area (Å²) in [4.78, 5) is 16.6. The fourth-order valence-electron chi connectivity index (χ4n) is 2.89. The predicted molar refractivity (Wildman–Crippen MR) is 88.0 cm³/mol. The van der Waals surface area contributed by atoms with Gasteiger partial charge < -0.3 is 14.5 Å². The molecule has 1 atom stereocenters. The highest BCUT2D eigenvalue weighted by atomic mass is 16.5. The molecule has 0 aromatic carbocycles. The Kier molecular flexibility index (Phi) is 5.81. The molecule has 0 aliphatic carbocycles. The van der Waals surface area contributed by atoms with Crippen molar-refractivity contribution in [1.29, 1.82) is 0 Å². The molecule has 6 nitrogen and oxygen atoms in total. The van der Waals surface area contributed by atoms with Crippen molar-refractivity contribution in [2.75, 3.05) is 26.2 Å². The summed E-state index contributed by atoms with van der Waals surface area (Å²) >= 11 is 0. The van der Waals surface area contributed by atoms with Crippen LogP contribution >= 0.6 is 0 Å². The number of hydrogen-bond acceptors (Lipinski definition) is 5. The number of hydrogen-bond donors (Lipinski definition) is 1. The van der Waals surface area contributed by atoms with Crippen LogP contribution in [0.15, 0.2) is 4.52 Å². The lowest BCUT2D eigenvalue weighted by atomic mass is 9.98. The summed E-state index contributed by atoms with van der Waals surface area (Å²) in [6.45, 7) is 11.6. The Morgan fingerprint density at radius 1 is 1.30 bits per heavy atom. The molecule has 1 aromatic heterocycles. The third-order valence-corrected chi connectivity index (χ3v) is 4.80. The van der Waals surface area contributed by atoms with Crippen LogP contribution in [0.4, 0.5) is 0 Å². The lowest BCUT2D eigenvalue weighted by molar-refractivity contribution is -0.135. The number of aliphatic hydroxyl groups is 1. The monoisotopic (exact) mass is 323 g/mol. The molecule has 0 spiro atoms. The second-order valence-corrected chi connectivity index (χ2v) is 6.84. The van der Waals surface area contributed by atoms with E-state index in [1.807, 2.05) is 25.7 Å². The van der Waals surface area contributed by atoms with Gasteiger partial charge in [-0.2, -0.15) is 0 Å². The van der Waals surface area contributed by atoms with Crippen molar-refractivity contribution in [2.24, 2.45) is 0 Å². The highest BCUT2D eigenvalue weighted by molar-refractivity contribution is 5.77. The summed E-state index contributed by atoms with van der Waals surface area (Å²) in [5, 5.41) is 14.1. The highest BCUT2D eigenvalue weighted by Crippen LogP contribution is 2.18. The SMILES string of the molecule is CCC(C)(O)CC(=O)N1CCCN(Cc2c(C)noc2C)CC1. The van der Waals surface area contributed by atoms with E-state index >= 15 is 0 Å². The molecule has 130 valence electrons. The Morgan fingerprint density at radius 2 is 2.04 bits per heavy atom. The van der Waals surface area contributed by atoms with E-state index in [1.54, 1.807) is 6.92 Å². The molecule has 1 unspecified atom stereocenters. The molecular weight excluding hydrogens is 294 g/mol. The maximum Gasteiger partial charge on any atom is 0.225 e. The van der Waals surface area contributed by atoms with E-state index in [2.05, 4.69) is 10.1 Å². The number of carbonyl (C=O) groups is 1. The molecule has 0 radical (unpaired) electrons. The lowest BCUT2D eigenvalue weighted by Gasteiger charge is -2.26. The van der Waals surface area contributed by atoms with Gasteiger partial charge in [0.1, 0.15) is 5.76 Å². The smallest absolute Gasteiger partial charge is 0.225 e. The lowest BCUT2D eigenvalue weighted by Crippen LogP contribution is -2.39. The number of aromatic nitrogens is 1. The van der Waals surface area contributed by atoms with Gasteiger partial charge in [-0.1, -0.05) is 12.1 Å². The predicted octanol–water partition coefficient (Wildman–Crippen LogP) is 1.88. The average Bonchev–Trinajstić information content (AvgIpc) is 2.70. The van der Waals surface area contributed by atoms with Gasteiger partial charge >= 0.3 is 0 Å². The van der Waals surface area contributed by atoms with Crippen molar-refractivity contribution < 1.29 is 14.4 Å². The van der Waals surface area contributed by atoms with E-state index in [1.165, 1.54) is 0 Å². The molecule has 1 saturated heterocycles. The molecule has 1 aromatic rings. The molecule has 1 N–H and O–H groups in total. The van der Waals surface area contributed by atoms with Gasteiger partial charge in [0.2, 0.25) is 5.91 Å². The van der Waals surface area contributed by atoms with E-state index in [-0.39, 0.29) is 12.3 Å². The Labute approximate surface area is 138 Å². The number of carbonyl (C=O) groups excluding carboxylic acids is 1. The van der Waals surface area contributed by atoms with Crippen molar-refractivity contribution >= 4 is 5.91 Å². The van der Waals surface area contributed by atoms with Gasteiger partial charge in [-0.15, -0.1) is 0 Å². The van der Waals surface area contributed by atoms with Crippen LogP contribution in [0.5, 0.6) is 0 Å². The van der Waals surface area contributed by atoms with Gasteiger partial charge in [0.25, 0.3) is 0 Å². The van der Waals surface area contributed by atoms with Crippen molar-refractivity contribution in [1.82, 2.24) is 15.0 Å². The van der Waals surface area contributed by atoms with E-state index in [0.717, 1.165) is 49.6 Å². The first kappa shape index (κ1) is 17.9. The molecule has 23 heavy (non-hydrogen) atoms. The van der Waals surface area contributed by atoms with Gasteiger partial charge in [-0.25, -0.2) is 0 Å². The maximum absolute atomic E-state index is 12.4. The number of aryl methyl sites for hydroxylation is 2. The highest BCUT2D eigenvalue weighted by Gasteiger charge is 2.27. The standard InChI is InChI=1S/C17H29N3O3/c1-5-17(4,22)11-16(21)20-8-6-7-19(9-10-20)12-15-13(2)18-23-14(15)3/h22H,5-12H2,1-4H3. The van der Waals surface area contributed by atoms with E-state index in [9.17, 15) is 9.90 Å². The molecule has 2 heterocycles. The van der Waals surface area contributed by atoms with Crippen LogP contribution in [0.3, 0.4) is 0 Å². The zero-order chi connectivity index (χ0) is 17.0. The minimum atomic E-state index is -0.903. The normalized spacial score (nSPS) is 19.4. The summed E-state index contributed by atoms with van der Waals surface area (Å²) in [5.41, 5.74) is 1.19. The molecular formula is C17H29N3O3. The Morgan fingerprint density at radius 3 is 2.65 bits per heavy atom. The minimum Gasteiger partial charge on any atom is -0.390 e. The van der Waals surface area contributed by atoms with Crippen LogP contribution in [0.25, 0.3) is 0 Å². The largest absolute Gasteiger partial charge is 0.390 e. The zero-order valence-electron chi connectivity index (χ0n) is 14.8. The Bertz CT molecular complexity index is 520. The quantitative estimate of drug-likeness (QED) is 0.896. The van der Waals surface area contributed by atoms with Crippen molar-refractivity contribution in [3.8, 4) is 0 Å². The van der Waals surface area contributed by atoms with Gasteiger partial charge in [-0.3, -0.25) is 9.69 Å². The molecule has 1 amide bonds. The van der Waals surface area contributed by atoms with Crippen LogP contribution in [-0.4, -0.2) is 57.8 Å². The topological polar surface area (TPSA) is 69.8 Å². The molecule has 6 heteroatoms. The fraction of sp³-hybridized carbons (Fsp3) is 0.765. The zero-order valence-corrected chi connectivity index (χ0v) is 14.8. The number of rotatable bonds is 5. The first-order valence-electron chi connectivity index (χ1n) is 8.46. The van der Waals surface area contributed by atoms with Gasteiger partial charge in [0.15, 0.2) is 0 Å².